The van der Waals surface area contributed by atoms with Crippen LogP contribution in [0, 0.1) is 5.92 Å². The van der Waals surface area contributed by atoms with Gasteiger partial charge < -0.3 is 10.2 Å². The van der Waals surface area contributed by atoms with Crippen molar-refractivity contribution < 1.29 is 9.59 Å². The summed E-state index contributed by atoms with van der Waals surface area (Å²) in [6.07, 6.45) is 5.84. The second-order valence-electron chi connectivity index (χ2n) is 7.84. The summed E-state index contributed by atoms with van der Waals surface area (Å²) < 4.78 is 0. The Morgan fingerprint density at radius 3 is 2.50 bits per heavy atom. The molecule has 0 atom stereocenters. The van der Waals surface area contributed by atoms with Gasteiger partial charge in [0.05, 0.1) is 0 Å². The van der Waals surface area contributed by atoms with Crippen LogP contribution in [0.4, 0.5) is 0 Å². The molecule has 0 aliphatic carbocycles. The van der Waals surface area contributed by atoms with E-state index in [2.05, 4.69) is 41.6 Å². The molecule has 6 heteroatoms. The summed E-state index contributed by atoms with van der Waals surface area (Å²) in [6.45, 7) is 9.88. The average molecular weight is 408 g/mol. The van der Waals surface area contributed by atoms with Gasteiger partial charge in [0, 0.05) is 43.9 Å². The molecule has 1 aromatic heterocycles. The number of amides is 2. The van der Waals surface area contributed by atoms with Gasteiger partial charge in [0.25, 0.3) is 0 Å². The van der Waals surface area contributed by atoms with Crippen molar-refractivity contribution in [1.82, 2.24) is 15.1 Å². The van der Waals surface area contributed by atoms with Gasteiger partial charge in [-0.15, -0.1) is 11.3 Å². The van der Waals surface area contributed by atoms with E-state index >= 15 is 0 Å². The Balaban J connectivity index is 1.55. The van der Waals surface area contributed by atoms with Gasteiger partial charge in [-0.2, -0.15) is 0 Å². The Kier molecular flexibility index (Phi) is 10.6. The highest BCUT2D eigenvalue weighted by Crippen LogP contribution is 2.20. The summed E-state index contributed by atoms with van der Waals surface area (Å²) in [5.74, 6) is 0.857. The summed E-state index contributed by atoms with van der Waals surface area (Å²) in [4.78, 5) is 30.2. The predicted octanol–water partition coefficient (Wildman–Crippen LogP) is 3.90. The molecule has 0 radical (unpaired) electrons. The smallest absolute Gasteiger partial charge is 0.222 e. The zero-order valence-corrected chi connectivity index (χ0v) is 18.4. The van der Waals surface area contributed by atoms with Crippen molar-refractivity contribution in [3.63, 3.8) is 0 Å². The summed E-state index contributed by atoms with van der Waals surface area (Å²) in [6, 6.07) is 4.31. The van der Waals surface area contributed by atoms with Crippen LogP contribution in [0.1, 0.15) is 63.7 Å². The number of carbonyl (C=O) groups excluding carboxylic acids is 2. The third-order valence-electron chi connectivity index (χ3n) is 5.39. The number of nitrogens with zero attached hydrogens (tertiary/aromatic N) is 2. The second kappa shape index (κ2) is 12.9. The average Bonchev–Trinajstić information content (AvgIpc) is 3.20. The largest absolute Gasteiger partial charge is 0.356 e. The Morgan fingerprint density at radius 1 is 1.18 bits per heavy atom. The molecule has 1 aromatic rings. The Hall–Kier alpha value is -1.40. The maximum Gasteiger partial charge on any atom is 0.222 e. The molecule has 1 aliphatic rings. The lowest BCUT2D eigenvalue weighted by Gasteiger charge is -2.31. The first-order chi connectivity index (χ1) is 13.6. The summed E-state index contributed by atoms with van der Waals surface area (Å²) in [5.41, 5.74) is 0. The van der Waals surface area contributed by atoms with E-state index in [9.17, 15) is 9.59 Å². The van der Waals surface area contributed by atoms with E-state index in [1.165, 1.54) is 4.88 Å². The number of carbonyl (C=O) groups is 2. The SMILES string of the molecule is CCCN(CCC)C(=O)CCCC(=O)NCC1CCN(Cc2cccs2)CC1. The molecule has 0 aromatic carbocycles. The van der Waals surface area contributed by atoms with Crippen molar-refractivity contribution in [2.24, 2.45) is 5.92 Å². The minimum atomic E-state index is 0.0892. The Labute approximate surface area is 174 Å². The standard InChI is InChI=1S/C22H37N3O2S/c1-3-12-25(13-4-2)22(27)9-5-8-21(26)23-17-19-10-14-24(15-11-19)18-20-7-6-16-28-20/h6-7,16,19H,3-5,8-15,17-18H2,1-2H3,(H,23,26). The van der Waals surface area contributed by atoms with Crippen molar-refractivity contribution in [3.8, 4) is 0 Å². The third-order valence-corrected chi connectivity index (χ3v) is 6.25. The topological polar surface area (TPSA) is 52.7 Å². The fourth-order valence-corrected chi connectivity index (χ4v) is 4.52. The first-order valence-corrected chi connectivity index (χ1v) is 11.8. The highest BCUT2D eigenvalue weighted by Gasteiger charge is 2.20. The lowest BCUT2D eigenvalue weighted by atomic mass is 9.96. The van der Waals surface area contributed by atoms with Crippen LogP contribution in [-0.4, -0.2) is 54.3 Å². The molecule has 0 bridgehead atoms. The van der Waals surface area contributed by atoms with Crippen LogP contribution in [0.15, 0.2) is 17.5 Å². The van der Waals surface area contributed by atoms with E-state index in [4.69, 9.17) is 0 Å². The molecule has 1 N–H and O–H groups in total. The monoisotopic (exact) mass is 407 g/mol. The zero-order chi connectivity index (χ0) is 20.2. The third kappa shape index (κ3) is 8.31. The number of nitrogens with one attached hydrogen (secondary N) is 1. The van der Waals surface area contributed by atoms with Crippen LogP contribution in [0.2, 0.25) is 0 Å². The molecule has 0 unspecified atom stereocenters. The lowest BCUT2D eigenvalue weighted by Crippen LogP contribution is -2.38. The van der Waals surface area contributed by atoms with Crippen molar-refractivity contribution >= 4 is 23.2 Å². The Morgan fingerprint density at radius 2 is 1.89 bits per heavy atom. The summed E-state index contributed by atoms with van der Waals surface area (Å²) in [5, 5.41) is 5.22. The fourth-order valence-electron chi connectivity index (χ4n) is 3.78. The number of likely N-dealkylation sites (tertiary alicyclic amines) is 1. The van der Waals surface area contributed by atoms with Crippen LogP contribution in [0.25, 0.3) is 0 Å². The molecule has 1 saturated heterocycles. The fraction of sp³-hybridized carbons (Fsp3) is 0.727. The molecule has 1 aliphatic heterocycles. The van der Waals surface area contributed by atoms with E-state index in [-0.39, 0.29) is 11.8 Å². The lowest BCUT2D eigenvalue weighted by molar-refractivity contribution is -0.131. The minimum absolute atomic E-state index is 0.0892. The number of hydrogen-bond acceptors (Lipinski definition) is 4. The van der Waals surface area contributed by atoms with E-state index in [1.807, 2.05) is 16.2 Å². The number of thiophene rings is 1. The highest BCUT2D eigenvalue weighted by molar-refractivity contribution is 7.09. The molecule has 2 amide bonds. The number of rotatable bonds is 12. The van der Waals surface area contributed by atoms with Gasteiger partial charge in [0.15, 0.2) is 0 Å². The van der Waals surface area contributed by atoms with Crippen molar-refractivity contribution in [3.05, 3.63) is 22.4 Å². The maximum absolute atomic E-state index is 12.2. The first-order valence-electron chi connectivity index (χ1n) is 10.9. The number of piperidine rings is 1. The maximum atomic E-state index is 12.2. The molecule has 0 spiro atoms. The van der Waals surface area contributed by atoms with E-state index < -0.39 is 0 Å². The molecule has 2 rings (SSSR count). The van der Waals surface area contributed by atoms with E-state index in [0.717, 1.165) is 65.0 Å². The van der Waals surface area contributed by atoms with Crippen molar-refractivity contribution in [2.75, 3.05) is 32.7 Å². The quantitative estimate of drug-likeness (QED) is 0.572. The zero-order valence-electron chi connectivity index (χ0n) is 17.6. The van der Waals surface area contributed by atoms with Gasteiger partial charge in [-0.3, -0.25) is 14.5 Å². The molecular formula is C22H37N3O2S. The molecular weight excluding hydrogens is 370 g/mol. The molecule has 5 nitrogen and oxygen atoms in total. The molecule has 28 heavy (non-hydrogen) atoms. The number of hydrogen-bond donors (Lipinski definition) is 1. The van der Waals surface area contributed by atoms with Gasteiger partial charge >= 0.3 is 0 Å². The summed E-state index contributed by atoms with van der Waals surface area (Å²) in [7, 11) is 0. The minimum Gasteiger partial charge on any atom is -0.356 e. The van der Waals surface area contributed by atoms with Crippen LogP contribution in [0.3, 0.4) is 0 Å². The van der Waals surface area contributed by atoms with Gasteiger partial charge in [-0.1, -0.05) is 19.9 Å². The van der Waals surface area contributed by atoms with Gasteiger partial charge in [0.2, 0.25) is 11.8 Å². The van der Waals surface area contributed by atoms with E-state index in [0.29, 0.717) is 25.2 Å². The normalized spacial score (nSPS) is 15.5. The summed E-state index contributed by atoms with van der Waals surface area (Å²) >= 11 is 1.82. The highest BCUT2D eigenvalue weighted by atomic mass is 32.1. The van der Waals surface area contributed by atoms with Gasteiger partial charge in [-0.05, 0) is 62.6 Å². The molecule has 1 fully saturated rings. The van der Waals surface area contributed by atoms with E-state index in [1.54, 1.807) is 0 Å². The first kappa shape index (κ1) is 22.9. The van der Waals surface area contributed by atoms with Crippen molar-refractivity contribution in [1.29, 1.82) is 0 Å². The van der Waals surface area contributed by atoms with Crippen molar-refractivity contribution in [2.45, 2.75) is 65.3 Å². The van der Waals surface area contributed by atoms with Crippen LogP contribution < -0.4 is 5.32 Å². The van der Waals surface area contributed by atoms with Gasteiger partial charge in [-0.25, -0.2) is 0 Å². The van der Waals surface area contributed by atoms with Crippen LogP contribution in [-0.2, 0) is 16.1 Å². The van der Waals surface area contributed by atoms with Gasteiger partial charge in [0.1, 0.15) is 0 Å². The Bertz CT molecular complexity index is 562. The van der Waals surface area contributed by atoms with Crippen LogP contribution >= 0.6 is 11.3 Å². The predicted molar refractivity (Wildman–Crippen MR) is 116 cm³/mol. The second-order valence-corrected chi connectivity index (χ2v) is 8.87. The molecule has 2 heterocycles. The van der Waals surface area contributed by atoms with Crippen LogP contribution in [0.5, 0.6) is 0 Å². The molecule has 0 saturated carbocycles. The molecule has 158 valence electrons.